The molecule has 0 fully saturated rings. The Bertz CT molecular complexity index is 2550. The first-order valence-electron chi connectivity index (χ1n) is 17.6. The molecule has 0 amide bonds. The fourth-order valence-electron chi connectivity index (χ4n) is 8.96. The van der Waals surface area contributed by atoms with Gasteiger partial charge in [0.2, 0.25) is 0 Å². The highest BCUT2D eigenvalue weighted by atomic mass is 32.1. The second kappa shape index (κ2) is 10.5. The van der Waals surface area contributed by atoms with E-state index in [0.717, 1.165) is 5.69 Å². The van der Waals surface area contributed by atoms with Crippen molar-refractivity contribution >= 4 is 48.6 Å². The maximum absolute atomic E-state index is 2.53. The first kappa shape index (κ1) is 29.5. The lowest BCUT2D eigenvalue weighted by Crippen LogP contribution is -2.17. The van der Waals surface area contributed by atoms with Crippen LogP contribution < -0.4 is 4.90 Å². The number of benzene rings is 7. The van der Waals surface area contributed by atoms with Crippen molar-refractivity contribution < 1.29 is 0 Å². The molecule has 8 aromatic rings. The number of thiophene rings is 1. The summed E-state index contributed by atoms with van der Waals surface area (Å²) in [5.41, 5.74) is 16.7. The molecule has 50 heavy (non-hydrogen) atoms. The molecule has 0 radical (unpaired) electrons. The zero-order valence-corrected chi connectivity index (χ0v) is 29.6. The van der Waals surface area contributed by atoms with E-state index in [-0.39, 0.29) is 10.8 Å². The highest BCUT2D eigenvalue weighted by Crippen LogP contribution is 2.58. The molecule has 7 aromatic carbocycles. The molecular formula is C48H37NS. The van der Waals surface area contributed by atoms with Gasteiger partial charge in [0, 0.05) is 47.8 Å². The van der Waals surface area contributed by atoms with Crippen molar-refractivity contribution in [1.82, 2.24) is 0 Å². The van der Waals surface area contributed by atoms with Gasteiger partial charge >= 0.3 is 0 Å². The summed E-state index contributed by atoms with van der Waals surface area (Å²) in [6.07, 6.45) is 0. The fraction of sp³-hybridized carbons (Fsp3) is 0.125. The van der Waals surface area contributed by atoms with Crippen LogP contribution in [0.3, 0.4) is 0 Å². The van der Waals surface area contributed by atoms with E-state index in [0.29, 0.717) is 0 Å². The van der Waals surface area contributed by atoms with Crippen LogP contribution in [0.4, 0.5) is 17.1 Å². The van der Waals surface area contributed by atoms with Crippen LogP contribution in [0.25, 0.3) is 53.6 Å². The Kier molecular flexibility index (Phi) is 6.21. The normalized spacial score (nSPS) is 14.7. The number of rotatable bonds is 4. The number of anilines is 3. The largest absolute Gasteiger partial charge is 0.309 e. The summed E-state index contributed by atoms with van der Waals surface area (Å²) in [5, 5.41) is 2.67. The number of nitrogens with zero attached hydrogens (tertiary/aromatic N) is 1. The van der Waals surface area contributed by atoms with Crippen molar-refractivity contribution in [1.29, 1.82) is 0 Å². The highest BCUT2D eigenvalue weighted by molar-refractivity contribution is 7.25. The molecule has 2 aliphatic carbocycles. The van der Waals surface area contributed by atoms with E-state index in [2.05, 4.69) is 184 Å². The summed E-state index contributed by atoms with van der Waals surface area (Å²) >= 11 is 1.88. The summed E-state index contributed by atoms with van der Waals surface area (Å²) in [4.78, 5) is 2.53. The van der Waals surface area contributed by atoms with Gasteiger partial charge in [-0.05, 0) is 80.9 Å². The molecule has 240 valence electrons. The summed E-state index contributed by atoms with van der Waals surface area (Å²) in [6.45, 7) is 9.47. The average molecular weight is 660 g/mol. The minimum atomic E-state index is -0.0874. The van der Waals surface area contributed by atoms with Crippen molar-refractivity contribution in [2.24, 2.45) is 0 Å². The van der Waals surface area contributed by atoms with E-state index < -0.39 is 0 Å². The Hall–Kier alpha value is -5.44. The lowest BCUT2D eigenvalue weighted by atomic mass is 9.82. The molecule has 10 rings (SSSR count). The minimum Gasteiger partial charge on any atom is -0.309 e. The standard InChI is InChI=1S/C48H37NS/c1-47(2)37-16-8-5-14-35(37)45-39(47)18-11-20-41(45)49(42-21-12-19-40-46(42)36-15-6-9-17-38(36)48(40,3)4)32-26-23-30(24-27-32)31-25-28-34-33-13-7-10-22-43(33)50-44(34)29-31/h5-29H,1-4H3. The summed E-state index contributed by atoms with van der Waals surface area (Å²) in [7, 11) is 0. The molecule has 0 bridgehead atoms. The van der Waals surface area contributed by atoms with Crippen molar-refractivity contribution in [3.8, 4) is 33.4 Å². The molecule has 1 nitrogen and oxygen atoms in total. The van der Waals surface area contributed by atoms with Gasteiger partial charge in [0.1, 0.15) is 0 Å². The molecule has 0 saturated carbocycles. The molecule has 0 unspecified atom stereocenters. The Morgan fingerprint density at radius 3 is 1.54 bits per heavy atom. The van der Waals surface area contributed by atoms with Gasteiger partial charge < -0.3 is 4.90 Å². The SMILES string of the molecule is CC1(C)c2ccccc2-c2c(N(c3ccc(-c4ccc5c(c4)sc4ccccc45)cc3)c3cccc4c3-c3ccccc3C4(C)C)cccc21. The maximum atomic E-state index is 2.53. The van der Waals surface area contributed by atoms with Gasteiger partial charge in [-0.25, -0.2) is 0 Å². The van der Waals surface area contributed by atoms with Crippen molar-refractivity contribution in [3.63, 3.8) is 0 Å². The van der Waals surface area contributed by atoms with Crippen molar-refractivity contribution in [3.05, 3.63) is 174 Å². The fourth-order valence-corrected chi connectivity index (χ4v) is 10.1. The topological polar surface area (TPSA) is 3.24 Å². The third-order valence-corrected chi connectivity index (χ3v) is 12.6. The van der Waals surface area contributed by atoms with E-state index in [9.17, 15) is 0 Å². The molecule has 0 aliphatic heterocycles. The predicted molar refractivity (Wildman–Crippen MR) is 215 cm³/mol. The summed E-state index contributed by atoms with van der Waals surface area (Å²) in [5.74, 6) is 0. The Labute approximate surface area is 298 Å². The van der Waals surface area contributed by atoms with Gasteiger partial charge in [-0.1, -0.05) is 143 Å². The Balaban J connectivity index is 1.19. The molecule has 1 aromatic heterocycles. The molecule has 0 saturated heterocycles. The highest BCUT2D eigenvalue weighted by Gasteiger charge is 2.40. The second-order valence-electron chi connectivity index (χ2n) is 14.9. The zero-order chi connectivity index (χ0) is 33.8. The van der Waals surface area contributed by atoms with Crippen molar-refractivity contribution in [2.45, 2.75) is 38.5 Å². The van der Waals surface area contributed by atoms with Crippen LogP contribution in [0.1, 0.15) is 49.9 Å². The lowest BCUT2D eigenvalue weighted by molar-refractivity contribution is 0.660. The number of fused-ring (bicyclic) bond motifs is 9. The minimum absolute atomic E-state index is 0.0874. The van der Waals surface area contributed by atoms with Gasteiger partial charge in [0.15, 0.2) is 0 Å². The molecule has 2 heteroatoms. The van der Waals surface area contributed by atoms with Gasteiger partial charge in [-0.15, -0.1) is 11.3 Å². The summed E-state index contributed by atoms with van der Waals surface area (Å²) < 4.78 is 2.67. The first-order valence-corrected chi connectivity index (χ1v) is 18.4. The van der Waals surface area contributed by atoms with Crippen LogP contribution >= 0.6 is 11.3 Å². The van der Waals surface area contributed by atoms with E-state index in [1.54, 1.807) is 0 Å². The van der Waals surface area contributed by atoms with E-state index in [1.165, 1.54) is 87.2 Å². The maximum Gasteiger partial charge on any atom is 0.0543 e. The molecule has 0 N–H and O–H groups in total. The van der Waals surface area contributed by atoms with Crippen LogP contribution in [-0.2, 0) is 10.8 Å². The molecule has 2 aliphatic rings. The number of hydrogen-bond acceptors (Lipinski definition) is 2. The zero-order valence-electron chi connectivity index (χ0n) is 28.8. The molecule has 1 heterocycles. The predicted octanol–water partition coefficient (Wildman–Crippen LogP) is 13.8. The van der Waals surface area contributed by atoms with Crippen LogP contribution in [0.2, 0.25) is 0 Å². The molecule has 0 atom stereocenters. The van der Waals surface area contributed by atoms with Gasteiger partial charge in [-0.2, -0.15) is 0 Å². The van der Waals surface area contributed by atoms with Gasteiger partial charge in [0.25, 0.3) is 0 Å². The van der Waals surface area contributed by atoms with Gasteiger partial charge in [0.05, 0.1) is 11.4 Å². The first-order chi connectivity index (χ1) is 24.3. The smallest absolute Gasteiger partial charge is 0.0543 e. The van der Waals surface area contributed by atoms with E-state index in [4.69, 9.17) is 0 Å². The third kappa shape index (κ3) is 4.06. The summed E-state index contributed by atoms with van der Waals surface area (Å²) in [6, 6.07) is 56.7. The monoisotopic (exact) mass is 659 g/mol. The van der Waals surface area contributed by atoms with Crippen LogP contribution in [0, 0.1) is 0 Å². The lowest BCUT2D eigenvalue weighted by Gasteiger charge is -2.31. The van der Waals surface area contributed by atoms with Gasteiger partial charge in [-0.3, -0.25) is 0 Å². The van der Waals surface area contributed by atoms with E-state index >= 15 is 0 Å². The van der Waals surface area contributed by atoms with E-state index in [1.807, 2.05) is 11.3 Å². The van der Waals surface area contributed by atoms with Crippen LogP contribution in [-0.4, -0.2) is 0 Å². The quantitative estimate of drug-likeness (QED) is 0.182. The second-order valence-corrected chi connectivity index (χ2v) is 16.0. The van der Waals surface area contributed by atoms with Crippen LogP contribution in [0.15, 0.2) is 152 Å². The molecule has 0 spiro atoms. The average Bonchev–Trinajstić information content (AvgIpc) is 3.72. The van der Waals surface area contributed by atoms with Crippen LogP contribution in [0.5, 0.6) is 0 Å². The third-order valence-electron chi connectivity index (χ3n) is 11.5. The Morgan fingerprint density at radius 2 is 0.920 bits per heavy atom. The van der Waals surface area contributed by atoms with Crippen molar-refractivity contribution in [2.75, 3.05) is 4.90 Å². The Morgan fingerprint density at radius 1 is 0.420 bits per heavy atom. The molecular weight excluding hydrogens is 623 g/mol. The number of hydrogen-bond donors (Lipinski definition) is 0.